The monoisotopic (exact) mass is 321 g/mol. The zero-order valence-corrected chi connectivity index (χ0v) is 14.0. The number of rotatable bonds is 3. The van der Waals surface area contributed by atoms with Gasteiger partial charge in [0, 0.05) is 49.8 Å². The van der Waals surface area contributed by atoms with Crippen LogP contribution in [0.4, 0.5) is 5.69 Å². The molecule has 0 atom stereocenters. The maximum Gasteiger partial charge on any atom is 0.138 e. The van der Waals surface area contributed by atoms with Crippen LogP contribution in [-0.4, -0.2) is 41.2 Å². The zero-order valence-electron chi connectivity index (χ0n) is 14.0. The van der Waals surface area contributed by atoms with Crippen molar-refractivity contribution in [1.82, 2.24) is 9.88 Å². The summed E-state index contributed by atoms with van der Waals surface area (Å²) >= 11 is 0. The summed E-state index contributed by atoms with van der Waals surface area (Å²) in [6.07, 6.45) is 2.15. The van der Waals surface area contributed by atoms with Gasteiger partial charge >= 0.3 is 0 Å². The minimum absolute atomic E-state index is 0.373. The Morgan fingerprint density at radius 2 is 1.79 bits per heavy atom. The third-order valence-electron chi connectivity index (χ3n) is 5.00. The van der Waals surface area contributed by atoms with Gasteiger partial charge in [0.1, 0.15) is 5.75 Å². The van der Waals surface area contributed by atoms with Crippen molar-refractivity contribution in [3.63, 3.8) is 0 Å². The zero-order chi connectivity index (χ0) is 16.5. The van der Waals surface area contributed by atoms with Crippen molar-refractivity contribution in [3.05, 3.63) is 59.8 Å². The number of anilines is 1. The van der Waals surface area contributed by atoms with Gasteiger partial charge in [0.2, 0.25) is 0 Å². The van der Waals surface area contributed by atoms with Gasteiger partial charge < -0.3 is 15.0 Å². The van der Waals surface area contributed by atoms with Crippen molar-refractivity contribution in [1.29, 1.82) is 0 Å². The van der Waals surface area contributed by atoms with Crippen LogP contribution in [0, 0.1) is 6.92 Å². The van der Waals surface area contributed by atoms with Gasteiger partial charge in [0.05, 0.1) is 5.69 Å². The third kappa shape index (κ3) is 2.74. The standard InChI is InChI=1S/C20H23N3O/c1-15-5-4-6-17-16(13-21-20(15)17)14-22-9-11-23(12-10-22)18-7-2-3-8-19(18)24/h2-8,13,21,24H,9-12,14H2,1H3. The predicted molar refractivity (Wildman–Crippen MR) is 98.6 cm³/mol. The maximum absolute atomic E-state index is 10.0. The highest BCUT2D eigenvalue weighted by atomic mass is 16.3. The lowest BCUT2D eigenvalue weighted by Crippen LogP contribution is -2.45. The van der Waals surface area contributed by atoms with Crippen molar-refractivity contribution in [2.75, 3.05) is 31.1 Å². The molecule has 2 aromatic carbocycles. The lowest BCUT2D eigenvalue weighted by molar-refractivity contribution is 0.250. The summed E-state index contributed by atoms with van der Waals surface area (Å²) in [4.78, 5) is 8.17. The number of aryl methyl sites for hydroxylation is 1. The molecule has 1 aromatic heterocycles. The number of hydrogen-bond donors (Lipinski definition) is 2. The Labute approximate surface area is 142 Å². The molecular formula is C20H23N3O. The number of aromatic amines is 1. The van der Waals surface area contributed by atoms with Crippen molar-refractivity contribution < 1.29 is 5.11 Å². The van der Waals surface area contributed by atoms with Crippen LogP contribution in [0.5, 0.6) is 5.75 Å². The molecule has 24 heavy (non-hydrogen) atoms. The van der Waals surface area contributed by atoms with Crippen LogP contribution in [-0.2, 0) is 6.54 Å². The van der Waals surface area contributed by atoms with E-state index in [2.05, 4.69) is 46.1 Å². The molecule has 0 radical (unpaired) electrons. The first kappa shape index (κ1) is 15.1. The molecule has 0 aliphatic carbocycles. The first-order chi connectivity index (χ1) is 11.7. The first-order valence-corrected chi connectivity index (χ1v) is 8.53. The molecule has 4 rings (SSSR count). The first-order valence-electron chi connectivity index (χ1n) is 8.53. The van der Waals surface area contributed by atoms with Crippen LogP contribution in [0.15, 0.2) is 48.7 Å². The van der Waals surface area contributed by atoms with E-state index in [1.54, 1.807) is 6.07 Å². The number of H-pyrrole nitrogens is 1. The fourth-order valence-electron chi connectivity index (χ4n) is 3.61. The molecule has 4 nitrogen and oxygen atoms in total. The Morgan fingerprint density at radius 1 is 1.00 bits per heavy atom. The Hall–Kier alpha value is -2.46. The summed E-state index contributed by atoms with van der Waals surface area (Å²) in [5.74, 6) is 0.373. The number of piperazine rings is 1. The van der Waals surface area contributed by atoms with Crippen LogP contribution in [0.3, 0.4) is 0 Å². The van der Waals surface area contributed by atoms with E-state index in [-0.39, 0.29) is 0 Å². The number of nitrogens with one attached hydrogen (secondary N) is 1. The molecule has 0 unspecified atom stereocenters. The van der Waals surface area contributed by atoms with Gasteiger partial charge in [-0.3, -0.25) is 4.90 Å². The summed E-state index contributed by atoms with van der Waals surface area (Å²) in [6.45, 7) is 7.02. The highest BCUT2D eigenvalue weighted by Crippen LogP contribution is 2.28. The predicted octanol–water partition coefficient (Wildman–Crippen LogP) is 3.50. The highest BCUT2D eigenvalue weighted by Gasteiger charge is 2.20. The van der Waals surface area contributed by atoms with E-state index in [4.69, 9.17) is 0 Å². The number of para-hydroxylation sites is 3. The molecule has 0 saturated carbocycles. The Morgan fingerprint density at radius 3 is 2.58 bits per heavy atom. The quantitative estimate of drug-likeness (QED) is 0.776. The molecular weight excluding hydrogens is 298 g/mol. The fraction of sp³-hybridized carbons (Fsp3) is 0.300. The molecule has 1 aliphatic heterocycles. The topological polar surface area (TPSA) is 42.5 Å². The van der Waals surface area contributed by atoms with Gasteiger partial charge in [0.15, 0.2) is 0 Å². The number of fused-ring (bicyclic) bond motifs is 1. The SMILES string of the molecule is Cc1cccc2c(CN3CCN(c4ccccc4O)CC3)c[nH]c12. The second kappa shape index (κ2) is 6.21. The van der Waals surface area contributed by atoms with Crippen molar-refractivity contribution >= 4 is 16.6 Å². The molecule has 3 aromatic rings. The molecule has 0 amide bonds. The van der Waals surface area contributed by atoms with Crippen LogP contribution >= 0.6 is 0 Å². The minimum atomic E-state index is 0.373. The van der Waals surface area contributed by atoms with E-state index in [1.165, 1.54) is 22.0 Å². The Bertz CT molecular complexity index is 847. The Balaban J connectivity index is 1.45. The van der Waals surface area contributed by atoms with Crippen LogP contribution in [0.25, 0.3) is 10.9 Å². The highest BCUT2D eigenvalue weighted by molar-refractivity contribution is 5.85. The summed E-state index contributed by atoms with van der Waals surface area (Å²) in [5.41, 5.74) is 4.85. The molecule has 2 heterocycles. The van der Waals surface area contributed by atoms with Crippen molar-refractivity contribution in [2.45, 2.75) is 13.5 Å². The smallest absolute Gasteiger partial charge is 0.138 e. The van der Waals surface area contributed by atoms with E-state index in [1.807, 2.05) is 18.2 Å². The maximum atomic E-state index is 10.0. The summed E-state index contributed by atoms with van der Waals surface area (Å²) < 4.78 is 0. The van der Waals surface area contributed by atoms with Crippen LogP contribution < -0.4 is 4.90 Å². The van der Waals surface area contributed by atoms with Gasteiger partial charge in [-0.2, -0.15) is 0 Å². The van der Waals surface area contributed by atoms with E-state index in [0.717, 1.165) is 38.4 Å². The average Bonchev–Trinajstić information content (AvgIpc) is 3.01. The van der Waals surface area contributed by atoms with Gasteiger partial charge in [0.25, 0.3) is 0 Å². The summed E-state index contributed by atoms with van der Waals surface area (Å²) in [6, 6.07) is 14.1. The molecule has 1 fully saturated rings. The van der Waals surface area contributed by atoms with Crippen LogP contribution in [0.1, 0.15) is 11.1 Å². The lowest BCUT2D eigenvalue weighted by atomic mass is 10.1. The van der Waals surface area contributed by atoms with E-state index >= 15 is 0 Å². The number of benzene rings is 2. The normalized spacial score (nSPS) is 16.0. The van der Waals surface area contributed by atoms with E-state index < -0.39 is 0 Å². The number of phenols is 1. The fourth-order valence-corrected chi connectivity index (χ4v) is 3.61. The average molecular weight is 321 g/mol. The second-order valence-corrected chi connectivity index (χ2v) is 6.56. The number of phenolic OH excluding ortho intramolecular Hbond substituents is 1. The second-order valence-electron chi connectivity index (χ2n) is 6.56. The number of aromatic nitrogens is 1. The molecule has 0 bridgehead atoms. The van der Waals surface area contributed by atoms with Crippen molar-refractivity contribution in [3.8, 4) is 5.75 Å². The largest absolute Gasteiger partial charge is 0.506 e. The van der Waals surface area contributed by atoms with Gasteiger partial charge in [-0.25, -0.2) is 0 Å². The number of hydrogen-bond acceptors (Lipinski definition) is 3. The van der Waals surface area contributed by atoms with Crippen LogP contribution in [0.2, 0.25) is 0 Å². The minimum Gasteiger partial charge on any atom is -0.506 e. The number of aromatic hydroxyl groups is 1. The van der Waals surface area contributed by atoms with Gasteiger partial charge in [-0.05, 0) is 30.2 Å². The molecule has 4 heteroatoms. The summed E-state index contributed by atoms with van der Waals surface area (Å²) in [5, 5.41) is 11.4. The lowest BCUT2D eigenvalue weighted by Gasteiger charge is -2.36. The molecule has 1 saturated heterocycles. The molecule has 124 valence electrons. The van der Waals surface area contributed by atoms with E-state index in [9.17, 15) is 5.11 Å². The molecule has 0 spiro atoms. The van der Waals surface area contributed by atoms with Gasteiger partial charge in [-0.1, -0.05) is 30.3 Å². The van der Waals surface area contributed by atoms with Crippen molar-refractivity contribution in [2.24, 2.45) is 0 Å². The third-order valence-corrected chi connectivity index (χ3v) is 5.00. The van der Waals surface area contributed by atoms with Gasteiger partial charge in [-0.15, -0.1) is 0 Å². The number of nitrogens with zero attached hydrogens (tertiary/aromatic N) is 2. The Kier molecular flexibility index (Phi) is 3.90. The molecule has 2 N–H and O–H groups in total. The summed E-state index contributed by atoms with van der Waals surface area (Å²) in [7, 11) is 0. The molecule has 1 aliphatic rings. The van der Waals surface area contributed by atoms with E-state index in [0.29, 0.717) is 5.75 Å².